The molecule has 100 valence electrons. The van der Waals surface area contributed by atoms with E-state index in [1.165, 1.54) is 19.2 Å². The smallest absolute Gasteiger partial charge is 0.323 e. The normalized spacial score (nSPS) is 10.1. The zero-order chi connectivity index (χ0) is 13.4. The topological polar surface area (TPSA) is 78.4 Å². The third-order valence-corrected chi connectivity index (χ3v) is 2.50. The van der Waals surface area contributed by atoms with Gasteiger partial charge in [-0.2, -0.15) is 0 Å². The Kier molecular flexibility index (Phi) is 5.90. The van der Waals surface area contributed by atoms with Crippen LogP contribution in [0.25, 0.3) is 0 Å². The molecule has 0 aliphatic heterocycles. The predicted molar refractivity (Wildman–Crippen MR) is 71.0 cm³/mol. The van der Waals surface area contributed by atoms with Gasteiger partial charge in [0.05, 0.1) is 0 Å². The average Bonchev–Trinajstić information content (AvgIpc) is 2.34. The van der Waals surface area contributed by atoms with Crippen LogP contribution in [0.2, 0.25) is 0 Å². The van der Waals surface area contributed by atoms with Crippen LogP contribution in [0.15, 0.2) is 12.4 Å². The predicted octanol–water partition coefficient (Wildman–Crippen LogP) is 1.60. The van der Waals surface area contributed by atoms with E-state index < -0.39 is 5.97 Å². The summed E-state index contributed by atoms with van der Waals surface area (Å²) in [5.74, 6) is 0.451. The molecule has 6 heteroatoms. The van der Waals surface area contributed by atoms with Gasteiger partial charge in [-0.25, -0.2) is 9.97 Å². The molecule has 0 saturated carbocycles. The molecule has 0 aromatic carbocycles. The highest BCUT2D eigenvalue weighted by molar-refractivity contribution is 5.73. The quantitative estimate of drug-likeness (QED) is 0.684. The molecule has 0 radical (unpaired) electrons. The lowest BCUT2D eigenvalue weighted by Gasteiger charge is -2.16. The van der Waals surface area contributed by atoms with Gasteiger partial charge in [0.15, 0.2) is 0 Å². The molecule has 0 unspecified atom stereocenters. The third-order valence-electron chi connectivity index (χ3n) is 2.50. The molecule has 1 rings (SSSR count). The van der Waals surface area contributed by atoms with Crippen LogP contribution in [-0.2, 0) is 4.79 Å². The summed E-state index contributed by atoms with van der Waals surface area (Å²) in [6, 6.07) is 1.76. The largest absolute Gasteiger partial charge is 0.480 e. The van der Waals surface area contributed by atoms with Crippen molar-refractivity contribution >= 4 is 17.6 Å². The minimum Gasteiger partial charge on any atom is -0.480 e. The maximum Gasteiger partial charge on any atom is 0.323 e. The number of anilines is 2. The van der Waals surface area contributed by atoms with Crippen LogP contribution in [0.1, 0.15) is 26.2 Å². The first-order valence-electron chi connectivity index (χ1n) is 6.12. The van der Waals surface area contributed by atoms with Gasteiger partial charge in [0.1, 0.15) is 24.5 Å². The van der Waals surface area contributed by atoms with Gasteiger partial charge in [0.25, 0.3) is 0 Å². The Bertz CT molecular complexity index is 384. The standard InChI is InChI=1S/C12H20N4O2/c1-3-4-5-6-13-10-7-11(15-9-14-10)16(2)8-12(17)18/h7,9H,3-6,8H2,1-2H3,(H,17,18)(H,13,14,15). The molecule has 0 bridgehead atoms. The molecule has 0 aliphatic carbocycles. The lowest BCUT2D eigenvalue weighted by Crippen LogP contribution is -2.26. The number of carboxylic acid groups (broad SMARTS) is 1. The zero-order valence-corrected chi connectivity index (χ0v) is 10.9. The second-order valence-electron chi connectivity index (χ2n) is 4.15. The monoisotopic (exact) mass is 252 g/mol. The number of likely N-dealkylation sites (N-methyl/N-ethyl adjacent to an activating group) is 1. The van der Waals surface area contributed by atoms with Gasteiger partial charge >= 0.3 is 5.97 Å². The minimum absolute atomic E-state index is 0.0771. The molecule has 0 spiro atoms. The second-order valence-corrected chi connectivity index (χ2v) is 4.15. The van der Waals surface area contributed by atoms with Crippen LogP contribution < -0.4 is 10.2 Å². The number of carbonyl (C=O) groups is 1. The summed E-state index contributed by atoms with van der Waals surface area (Å²) in [5.41, 5.74) is 0. The maximum absolute atomic E-state index is 10.6. The molecule has 0 saturated heterocycles. The molecule has 18 heavy (non-hydrogen) atoms. The van der Waals surface area contributed by atoms with Gasteiger partial charge in [0.2, 0.25) is 0 Å². The number of hydrogen-bond donors (Lipinski definition) is 2. The summed E-state index contributed by atoms with van der Waals surface area (Å²) in [7, 11) is 1.69. The van der Waals surface area contributed by atoms with Gasteiger partial charge in [0, 0.05) is 19.7 Å². The summed E-state index contributed by atoms with van der Waals surface area (Å²) in [4.78, 5) is 20.3. The summed E-state index contributed by atoms with van der Waals surface area (Å²) in [6.07, 6.45) is 4.90. The molecule has 1 heterocycles. The van der Waals surface area contributed by atoms with Crippen molar-refractivity contribution in [1.82, 2.24) is 9.97 Å². The van der Waals surface area contributed by atoms with E-state index in [4.69, 9.17) is 5.11 Å². The van der Waals surface area contributed by atoms with E-state index in [0.717, 1.165) is 18.8 Å². The maximum atomic E-state index is 10.6. The van der Waals surface area contributed by atoms with Crippen LogP contribution in [0, 0.1) is 0 Å². The highest BCUT2D eigenvalue weighted by Crippen LogP contribution is 2.12. The molecule has 0 aliphatic rings. The fraction of sp³-hybridized carbons (Fsp3) is 0.583. The van der Waals surface area contributed by atoms with Gasteiger partial charge < -0.3 is 15.3 Å². The van der Waals surface area contributed by atoms with Crippen LogP contribution in [0.3, 0.4) is 0 Å². The number of aliphatic carboxylic acids is 1. The number of rotatable bonds is 8. The lowest BCUT2D eigenvalue weighted by molar-refractivity contribution is -0.135. The Hall–Kier alpha value is -1.85. The summed E-state index contributed by atoms with van der Waals surface area (Å²) in [5, 5.41) is 11.9. The van der Waals surface area contributed by atoms with Crippen LogP contribution >= 0.6 is 0 Å². The number of aromatic nitrogens is 2. The summed E-state index contributed by atoms with van der Waals surface area (Å²) < 4.78 is 0. The molecule has 0 fully saturated rings. The van der Waals surface area contributed by atoms with Crippen LogP contribution in [-0.4, -0.2) is 41.2 Å². The fourth-order valence-electron chi connectivity index (χ4n) is 1.53. The van der Waals surface area contributed by atoms with Crippen molar-refractivity contribution in [2.24, 2.45) is 0 Å². The van der Waals surface area contributed by atoms with Crippen molar-refractivity contribution < 1.29 is 9.90 Å². The summed E-state index contributed by atoms with van der Waals surface area (Å²) >= 11 is 0. The Morgan fingerprint density at radius 3 is 2.89 bits per heavy atom. The lowest BCUT2D eigenvalue weighted by atomic mass is 10.2. The van der Waals surface area contributed by atoms with Crippen molar-refractivity contribution in [2.45, 2.75) is 26.2 Å². The number of unbranched alkanes of at least 4 members (excludes halogenated alkanes) is 2. The third kappa shape index (κ3) is 4.99. The van der Waals surface area contributed by atoms with Crippen LogP contribution in [0.5, 0.6) is 0 Å². The van der Waals surface area contributed by atoms with Crippen molar-refractivity contribution in [3.05, 3.63) is 12.4 Å². The molecule has 0 amide bonds. The molecule has 2 N–H and O–H groups in total. The Morgan fingerprint density at radius 1 is 1.44 bits per heavy atom. The van der Waals surface area contributed by atoms with Gasteiger partial charge in [-0.05, 0) is 6.42 Å². The van der Waals surface area contributed by atoms with Crippen molar-refractivity contribution in [2.75, 3.05) is 30.4 Å². The number of carboxylic acids is 1. The zero-order valence-electron chi connectivity index (χ0n) is 10.9. The fourth-order valence-corrected chi connectivity index (χ4v) is 1.53. The van der Waals surface area contributed by atoms with E-state index in [2.05, 4.69) is 22.2 Å². The van der Waals surface area contributed by atoms with Gasteiger partial charge in [-0.3, -0.25) is 4.79 Å². The van der Waals surface area contributed by atoms with E-state index in [0.29, 0.717) is 5.82 Å². The van der Waals surface area contributed by atoms with E-state index in [9.17, 15) is 4.79 Å². The Labute approximate surface area is 107 Å². The molecule has 1 aromatic heterocycles. The molecule has 0 atom stereocenters. The molecule has 6 nitrogen and oxygen atoms in total. The average molecular weight is 252 g/mol. The molecular weight excluding hydrogens is 232 g/mol. The number of nitrogens with zero attached hydrogens (tertiary/aromatic N) is 3. The Balaban J connectivity index is 2.53. The van der Waals surface area contributed by atoms with Gasteiger partial charge in [-0.15, -0.1) is 0 Å². The van der Waals surface area contributed by atoms with Crippen molar-refractivity contribution in [3.63, 3.8) is 0 Å². The van der Waals surface area contributed by atoms with Gasteiger partial charge in [-0.1, -0.05) is 19.8 Å². The minimum atomic E-state index is -0.881. The highest BCUT2D eigenvalue weighted by atomic mass is 16.4. The van der Waals surface area contributed by atoms with E-state index in [-0.39, 0.29) is 6.54 Å². The SMILES string of the molecule is CCCCCNc1cc(N(C)CC(=O)O)ncn1. The number of nitrogens with one attached hydrogen (secondary N) is 1. The molecule has 1 aromatic rings. The van der Waals surface area contributed by atoms with Crippen molar-refractivity contribution in [1.29, 1.82) is 0 Å². The van der Waals surface area contributed by atoms with E-state index in [1.54, 1.807) is 18.0 Å². The second kappa shape index (κ2) is 7.47. The van der Waals surface area contributed by atoms with Crippen molar-refractivity contribution in [3.8, 4) is 0 Å². The Morgan fingerprint density at radius 2 is 2.22 bits per heavy atom. The summed E-state index contributed by atoms with van der Waals surface area (Å²) in [6.45, 7) is 2.95. The first kappa shape index (κ1) is 14.2. The van der Waals surface area contributed by atoms with E-state index >= 15 is 0 Å². The first-order valence-corrected chi connectivity index (χ1v) is 6.12. The highest BCUT2D eigenvalue weighted by Gasteiger charge is 2.07. The first-order chi connectivity index (χ1) is 8.63. The van der Waals surface area contributed by atoms with Crippen LogP contribution in [0.4, 0.5) is 11.6 Å². The van der Waals surface area contributed by atoms with E-state index in [1.807, 2.05) is 0 Å². The molecular formula is C12H20N4O2. The number of hydrogen-bond acceptors (Lipinski definition) is 5.